The minimum atomic E-state index is -0.814. The number of carbonyl (C=O) groups excluding carboxylic acids is 2. The summed E-state index contributed by atoms with van der Waals surface area (Å²) in [7, 11) is 0. The van der Waals surface area contributed by atoms with Crippen molar-refractivity contribution in [3.8, 4) is 0 Å². The summed E-state index contributed by atoms with van der Waals surface area (Å²) in [6.45, 7) is 7.25. The second-order valence-corrected chi connectivity index (χ2v) is 8.62. The molecule has 0 spiro atoms. The number of esters is 2. The fourth-order valence-electron chi connectivity index (χ4n) is 4.81. The van der Waals surface area contributed by atoms with Crippen LogP contribution in [0.25, 0.3) is 0 Å². The van der Waals surface area contributed by atoms with Gasteiger partial charge >= 0.3 is 11.9 Å². The lowest BCUT2D eigenvalue weighted by Gasteiger charge is -2.53. The first kappa shape index (κ1) is 16.8. The van der Waals surface area contributed by atoms with E-state index in [2.05, 4.69) is 0 Å². The second-order valence-electron chi connectivity index (χ2n) is 8.62. The molecule has 0 heterocycles. The van der Waals surface area contributed by atoms with Crippen molar-refractivity contribution in [3.63, 3.8) is 0 Å². The van der Waals surface area contributed by atoms with Gasteiger partial charge in [-0.05, 0) is 83.0 Å². The molecule has 4 saturated carbocycles. The lowest BCUT2D eigenvalue weighted by Crippen LogP contribution is -2.51. The molecule has 4 aliphatic carbocycles. The predicted molar refractivity (Wildman–Crippen MR) is 86.6 cm³/mol. The van der Waals surface area contributed by atoms with Crippen molar-refractivity contribution in [3.05, 3.63) is 0 Å². The van der Waals surface area contributed by atoms with Crippen LogP contribution in [0.2, 0.25) is 0 Å². The van der Waals surface area contributed by atoms with Gasteiger partial charge in [-0.2, -0.15) is 0 Å². The first-order chi connectivity index (χ1) is 10.8. The average Bonchev–Trinajstić information content (AvgIpc) is 2.49. The van der Waals surface area contributed by atoms with Crippen LogP contribution in [0.1, 0.15) is 66.2 Å². The highest BCUT2D eigenvalue weighted by Gasteiger charge is 2.50. The molecule has 130 valence electrons. The Hall–Kier alpha value is -1.06. The van der Waals surface area contributed by atoms with Crippen molar-refractivity contribution in [1.29, 1.82) is 0 Å². The first-order valence-electron chi connectivity index (χ1n) is 9.21. The molecule has 4 heteroatoms. The summed E-state index contributed by atoms with van der Waals surface area (Å²) < 4.78 is 11.2. The lowest BCUT2D eigenvalue weighted by atomic mass is 9.55. The molecule has 0 aliphatic heterocycles. The van der Waals surface area contributed by atoms with E-state index in [-0.39, 0.29) is 18.0 Å². The first-order valence-corrected chi connectivity index (χ1v) is 9.21. The van der Waals surface area contributed by atoms with E-state index in [0.717, 1.165) is 11.8 Å². The Balaban J connectivity index is 1.56. The maximum Gasteiger partial charge on any atom is 0.347 e. The smallest absolute Gasteiger partial charge is 0.347 e. The zero-order valence-electron chi connectivity index (χ0n) is 14.8. The van der Waals surface area contributed by atoms with Crippen molar-refractivity contribution >= 4 is 11.9 Å². The minimum absolute atomic E-state index is 0.0515. The molecule has 0 aromatic heterocycles. The molecule has 4 rings (SSSR count). The molecule has 23 heavy (non-hydrogen) atoms. The van der Waals surface area contributed by atoms with Crippen molar-refractivity contribution in [2.24, 2.45) is 29.1 Å². The van der Waals surface area contributed by atoms with Crippen LogP contribution in [-0.2, 0) is 19.1 Å². The largest absolute Gasteiger partial charge is 0.459 e. The fourth-order valence-corrected chi connectivity index (χ4v) is 4.81. The maximum atomic E-state index is 12.4. The molecule has 0 aromatic rings. The molecule has 0 amide bonds. The van der Waals surface area contributed by atoms with E-state index >= 15 is 0 Å². The summed E-state index contributed by atoms with van der Waals surface area (Å²) in [5.74, 6) is 2.08. The molecule has 4 nitrogen and oxygen atoms in total. The Morgan fingerprint density at radius 2 is 1.57 bits per heavy atom. The van der Waals surface area contributed by atoms with Gasteiger partial charge in [0.15, 0.2) is 6.10 Å². The van der Waals surface area contributed by atoms with E-state index in [1.165, 1.54) is 32.1 Å². The zero-order chi connectivity index (χ0) is 16.8. The van der Waals surface area contributed by atoms with Crippen molar-refractivity contribution in [1.82, 2.24) is 0 Å². The number of hydrogen-bond donors (Lipinski definition) is 0. The van der Waals surface area contributed by atoms with Crippen LogP contribution in [0.4, 0.5) is 0 Å². The van der Waals surface area contributed by atoms with Gasteiger partial charge in [0.2, 0.25) is 0 Å². The van der Waals surface area contributed by atoms with Gasteiger partial charge in [0, 0.05) is 0 Å². The average molecular weight is 322 g/mol. The molecular weight excluding hydrogens is 292 g/mol. The van der Waals surface area contributed by atoms with Gasteiger partial charge in [0.25, 0.3) is 0 Å². The summed E-state index contributed by atoms with van der Waals surface area (Å²) >= 11 is 0. The minimum Gasteiger partial charge on any atom is -0.459 e. The SMILES string of the molecule is CCC(C)(C)C(=O)OC(C)C(=O)OC1C2CC3CC(C2)CC1C3. The number of hydrogen-bond acceptors (Lipinski definition) is 4. The van der Waals surface area contributed by atoms with Crippen LogP contribution < -0.4 is 0 Å². The van der Waals surface area contributed by atoms with Gasteiger partial charge in [-0.3, -0.25) is 4.79 Å². The molecule has 0 aromatic carbocycles. The third kappa shape index (κ3) is 3.27. The Morgan fingerprint density at radius 1 is 1.04 bits per heavy atom. The highest BCUT2D eigenvalue weighted by molar-refractivity contribution is 5.81. The van der Waals surface area contributed by atoms with Gasteiger partial charge in [-0.1, -0.05) is 6.92 Å². The summed E-state index contributed by atoms with van der Waals surface area (Å²) in [4.78, 5) is 24.5. The number of rotatable bonds is 5. The Morgan fingerprint density at radius 3 is 2.04 bits per heavy atom. The van der Waals surface area contributed by atoms with E-state index in [1.807, 2.05) is 20.8 Å². The third-order valence-electron chi connectivity index (χ3n) is 6.44. The third-order valence-corrected chi connectivity index (χ3v) is 6.44. The van der Waals surface area contributed by atoms with E-state index in [1.54, 1.807) is 6.92 Å². The van der Waals surface area contributed by atoms with Gasteiger partial charge < -0.3 is 9.47 Å². The van der Waals surface area contributed by atoms with Crippen LogP contribution in [0, 0.1) is 29.1 Å². The number of carbonyl (C=O) groups is 2. The Kier molecular flexibility index (Phi) is 4.45. The van der Waals surface area contributed by atoms with Crippen molar-refractivity contribution in [2.45, 2.75) is 78.4 Å². The van der Waals surface area contributed by atoms with Crippen LogP contribution in [0.3, 0.4) is 0 Å². The zero-order valence-corrected chi connectivity index (χ0v) is 14.8. The second kappa shape index (κ2) is 6.10. The quantitative estimate of drug-likeness (QED) is 0.724. The monoisotopic (exact) mass is 322 g/mol. The van der Waals surface area contributed by atoms with Crippen molar-refractivity contribution in [2.75, 3.05) is 0 Å². The Bertz CT molecular complexity index is 454. The summed E-state index contributed by atoms with van der Waals surface area (Å²) in [5, 5.41) is 0. The summed E-state index contributed by atoms with van der Waals surface area (Å²) in [6.07, 6.45) is 6.14. The maximum absolute atomic E-state index is 12.4. The molecule has 0 saturated heterocycles. The van der Waals surface area contributed by atoms with Gasteiger partial charge in [0.1, 0.15) is 6.10 Å². The van der Waals surface area contributed by atoms with Crippen LogP contribution in [-0.4, -0.2) is 24.1 Å². The summed E-state index contributed by atoms with van der Waals surface area (Å²) in [6, 6.07) is 0. The molecular formula is C19H30O4. The van der Waals surface area contributed by atoms with Crippen molar-refractivity contribution < 1.29 is 19.1 Å². The van der Waals surface area contributed by atoms with Gasteiger partial charge in [0.05, 0.1) is 5.41 Å². The molecule has 0 radical (unpaired) electrons. The molecule has 4 bridgehead atoms. The molecule has 1 unspecified atom stereocenters. The fraction of sp³-hybridized carbons (Fsp3) is 0.895. The standard InChI is InChI=1S/C19H30O4/c1-5-19(3,4)18(21)22-11(2)17(20)23-16-14-7-12-6-13(9-14)10-15(16)8-12/h11-16H,5-10H2,1-4H3. The molecule has 1 atom stereocenters. The topological polar surface area (TPSA) is 52.6 Å². The van der Waals surface area contributed by atoms with Crippen LogP contribution >= 0.6 is 0 Å². The highest BCUT2D eigenvalue weighted by atomic mass is 16.6. The molecule has 4 aliphatic rings. The molecule has 4 fully saturated rings. The van der Waals surface area contributed by atoms with Gasteiger partial charge in [-0.15, -0.1) is 0 Å². The predicted octanol–water partition coefficient (Wildman–Crippen LogP) is 3.72. The van der Waals surface area contributed by atoms with Gasteiger partial charge in [-0.25, -0.2) is 4.79 Å². The lowest BCUT2D eigenvalue weighted by molar-refractivity contribution is -0.187. The van der Waals surface area contributed by atoms with Crippen LogP contribution in [0.5, 0.6) is 0 Å². The van der Waals surface area contributed by atoms with E-state index in [0.29, 0.717) is 18.3 Å². The normalized spacial score (nSPS) is 36.6. The Labute approximate surface area is 139 Å². The molecule has 0 N–H and O–H groups in total. The summed E-state index contributed by atoms with van der Waals surface area (Å²) in [5.41, 5.74) is -0.558. The van der Waals surface area contributed by atoms with E-state index in [4.69, 9.17) is 9.47 Å². The van der Waals surface area contributed by atoms with E-state index in [9.17, 15) is 9.59 Å². The highest BCUT2D eigenvalue weighted by Crippen LogP contribution is 2.54. The number of ether oxygens (including phenoxy) is 2. The van der Waals surface area contributed by atoms with Crippen LogP contribution in [0.15, 0.2) is 0 Å². The van der Waals surface area contributed by atoms with E-state index < -0.39 is 11.5 Å².